The van der Waals surface area contributed by atoms with Gasteiger partial charge < -0.3 is 19.3 Å². The zero-order valence-corrected chi connectivity index (χ0v) is 19.4. The Balaban J connectivity index is 1.34. The minimum Gasteiger partial charge on any atom is -0.491 e. The third-order valence-electron chi connectivity index (χ3n) is 6.80. The molecule has 33 heavy (non-hydrogen) atoms. The van der Waals surface area contributed by atoms with E-state index >= 15 is 0 Å². The maximum atomic E-state index is 12.8. The van der Waals surface area contributed by atoms with Crippen molar-refractivity contribution in [3.8, 4) is 5.75 Å². The third-order valence-corrected chi connectivity index (χ3v) is 6.80. The molecule has 1 saturated carbocycles. The maximum absolute atomic E-state index is 12.8. The molecule has 0 spiro atoms. The van der Waals surface area contributed by atoms with Gasteiger partial charge in [-0.1, -0.05) is 31.9 Å². The number of benzene rings is 1. The molecule has 1 aliphatic carbocycles. The number of unbranched alkanes of at least 4 members (excludes halogenated alkanes) is 1. The molecule has 2 heterocycles. The summed E-state index contributed by atoms with van der Waals surface area (Å²) in [4.78, 5) is 34.0. The molecule has 1 fully saturated rings. The number of ether oxygens (including phenoxy) is 1. The molecule has 0 atom stereocenters. The first-order valence-electron chi connectivity index (χ1n) is 12.0. The number of aliphatic hydroxyl groups is 1. The Kier molecular flexibility index (Phi) is 7.33. The number of aliphatic hydroxyl groups excluding tert-OH is 1. The molecule has 1 amide bonds. The van der Waals surface area contributed by atoms with Crippen LogP contribution in [0.5, 0.6) is 5.75 Å². The van der Waals surface area contributed by atoms with Crippen LogP contribution in [0.15, 0.2) is 21.9 Å². The standard InChI is InChI=1S/C25H34N4O4/c1-17-11-12-21(23-20(17)16-29-18(2)24(32)27-25(29)26-23)33-15-7-6-10-22(31)28(13-14-30)19-8-4-3-5-9-19/h11-12,19,30H,2-10,13-16H2,1H3,(H,26,27,32). The van der Waals surface area contributed by atoms with Crippen LogP contribution in [-0.4, -0.2) is 51.3 Å². The predicted octanol–water partition coefficient (Wildman–Crippen LogP) is 1.91. The number of aryl methyl sites for hydroxylation is 1. The largest absolute Gasteiger partial charge is 0.491 e. The molecular weight excluding hydrogens is 420 g/mol. The molecule has 8 heteroatoms. The van der Waals surface area contributed by atoms with Crippen molar-refractivity contribution < 1.29 is 14.6 Å². The second-order valence-electron chi connectivity index (χ2n) is 9.04. The van der Waals surface area contributed by atoms with E-state index in [1.807, 2.05) is 24.0 Å². The number of H-pyrrole nitrogens is 1. The van der Waals surface area contributed by atoms with Crippen LogP contribution < -0.4 is 21.3 Å². The monoisotopic (exact) mass is 454 g/mol. The summed E-state index contributed by atoms with van der Waals surface area (Å²) in [5, 5.41) is 9.80. The number of hydrogen-bond donors (Lipinski definition) is 2. The third kappa shape index (κ3) is 5.05. The zero-order valence-electron chi connectivity index (χ0n) is 19.4. The van der Waals surface area contributed by atoms with E-state index < -0.39 is 0 Å². The van der Waals surface area contributed by atoms with Crippen molar-refractivity contribution in [1.82, 2.24) is 14.5 Å². The van der Waals surface area contributed by atoms with Crippen LogP contribution in [0, 0.1) is 6.92 Å². The number of aromatic amines is 1. The fourth-order valence-corrected chi connectivity index (χ4v) is 4.88. The van der Waals surface area contributed by atoms with Crippen LogP contribution in [0.2, 0.25) is 0 Å². The van der Waals surface area contributed by atoms with Gasteiger partial charge in [-0.25, -0.2) is 4.99 Å². The average molecular weight is 455 g/mol. The number of hydrogen-bond acceptors (Lipinski definition) is 5. The van der Waals surface area contributed by atoms with Crippen molar-refractivity contribution in [3.05, 3.63) is 44.6 Å². The van der Waals surface area contributed by atoms with Gasteiger partial charge in [-0.2, -0.15) is 0 Å². The summed E-state index contributed by atoms with van der Waals surface area (Å²) >= 11 is 0. The van der Waals surface area contributed by atoms with Crippen LogP contribution in [0.4, 0.5) is 5.69 Å². The minimum absolute atomic E-state index is 0.0115. The van der Waals surface area contributed by atoms with Gasteiger partial charge in [-0.15, -0.1) is 0 Å². The number of amides is 1. The highest BCUT2D eigenvalue weighted by molar-refractivity contribution is 5.76. The fraction of sp³-hybridized carbons (Fsp3) is 0.560. The van der Waals surface area contributed by atoms with E-state index in [-0.39, 0.29) is 24.1 Å². The lowest BCUT2D eigenvalue weighted by atomic mass is 9.94. The molecule has 2 N–H and O–H groups in total. The summed E-state index contributed by atoms with van der Waals surface area (Å²) in [6, 6.07) is 4.19. The van der Waals surface area contributed by atoms with Crippen molar-refractivity contribution in [2.45, 2.75) is 70.9 Å². The molecule has 1 aliphatic heterocycles. The van der Waals surface area contributed by atoms with Crippen molar-refractivity contribution in [3.63, 3.8) is 0 Å². The number of aromatic nitrogens is 2. The molecule has 0 radical (unpaired) electrons. The summed E-state index contributed by atoms with van der Waals surface area (Å²) in [7, 11) is 0. The van der Waals surface area contributed by atoms with E-state index in [0.29, 0.717) is 42.8 Å². The van der Waals surface area contributed by atoms with E-state index in [0.717, 1.165) is 55.3 Å². The number of fused-ring (bicyclic) bond motifs is 2. The molecule has 1 aromatic heterocycles. The van der Waals surface area contributed by atoms with Gasteiger partial charge in [-0.05, 0) is 44.2 Å². The molecule has 0 bridgehead atoms. The van der Waals surface area contributed by atoms with E-state index in [4.69, 9.17) is 4.74 Å². The number of carbonyl (C=O) groups is 1. The highest BCUT2D eigenvalue weighted by Gasteiger charge is 2.24. The smallest absolute Gasteiger partial charge is 0.274 e. The lowest BCUT2D eigenvalue weighted by molar-refractivity contribution is -0.135. The zero-order chi connectivity index (χ0) is 23.4. The number of nitrogens with zero attached hydrogens (tertiary/aromatic N) is 3. The van der Waals surface area contributed by atoms with Gasteiger partial charge in [0.05, 0.1) is 19.8 Å². The van der Waals surface area contributed by atoms with Crippen molar-refractivity contribution in [2.24, 2.45) is 4.99 Å². The summed E-state index contributed by atoms with van der Waals surface area (Å²) in [6.07, 6.45) is 7.60. The highest BCUT2D eigenvalue weighted by Crippen LogP contribution is 2.35. The van der Waals surface area contributed by atoms with Crippen LogP contribution in [0.1, 0.15) is 62.5 Å². The topological polar surface area (TPSA) is 99.9 Å². The van der Waals surface area contributed by atoms with Gasteiger partial charge in [-0.3, -0.25) is 14.6 Å². The first kappa shape index (κ1) is 23.3. The Bertz CT molecular complexity index is 1160. The molecule has 2 aliphatic rings. The quantitative estimate of drug-likeness (QED) is 0.483. The van der Waals surface area contributed by atoms with Crippen molar-refractivity contribution in [1.29, 1.82) is 0 Å². The normalized spacial score (nSPS) is 15.5. The molecular formula is C25H34N4O4. The van der Waals surface area contributed by atoms with Gasteiger partial charge in [0.15, 0.2) is 0 Å². The molecule has 4 rings (SSSR count). The SMILES string of the molecule is C=c1c(=O)[nH]c2n1Cc1c(C)ccc(OCCCCC(=O)N(CCO)C3CCCCC3)c1N=2. The lowest BCUT2D eigenvalue weighted by Crippen LogP contribution is -2.43. The summed E-state index contributed by atoms with van der Waals surface area (Å²) in [6.45, 7) is 7.32. The summed E-state index contributed by atoms with van der Waals surface area (Å²) in [5.74, 6) is 0.817. The first-order chi connectivity index (χ1) is 16.0. The van der Waals surface area contributed by atoms with E-state index in [1.54, 1.807) is 4.57 Å². The molecule has 8 nitrogen and oxygen atoms in total. The molecule has 178 valence electrons. The fourth-order valence-electron chi connectivity index (χ4n) is 4.88. The maximum Gasteiger partial charge on any atom is 0.274 e. The summed E-state index contributed by atoms with van der Waals surface area (Å²) < 4.78 is 7.83. The van der Waals surface area contributed by atoms with Crippen LogP contribution in [-0.2, 0) is 11.3 Å². The number of nitrogens with one attached hydrogen (secondary N) is 1. The van der Waals surface area contributed by atoms with Crippen LogP contribution in [0.3, 0.4) is 0 Å². The second kappa shape index (κ2) is 10.4. The Morgan fingerprint density at radius 1 is 1.30 bits per heavy atom. The van der Waals surface area contributed by atoms with Crippen molar-refractivity contribution in [2.75, 3.05) is 19.8 Å². The molecule has 2 aromatic rings. The second-order valence-corrected chi connectivity index (χ2v) is 9.04. The van der Waals surface area contributed by atoms with Gasteiger partial charge in [0.1, 0.15) is 16.8 Å². The Labute approximate surface area is 193 Å². The number of rotatable bonds is 9. The van der Waals surface area contributed by atoms with Gasteiger partial charge >= 0.3 is 0 Å². The Morgan fingerprint density at radius 2 is 2.09 bits per heavy atom. The van der Waals surface area contributed by atoms with Crippen molar-refractivity contribution >= 4 is 18.2 Å². The Hall–Kier alpha value is -2.87. The number of carbonyl (C=O) groups excluding carboxylic acids is 1. The van der Waals surface area contributed by atoms with E-state index in [2.05, 4.69) is 16.6 Å². The van der Waals surface area contributed by atoms with Crippen LogP contribution in [0.25, 0.3) is 6.58 Å². The Morgan fingerprint density at radius 3 is 2.85 bits per heavy atom. The first-order valence-corrected chi connectivity index (χ1v) is 12.0. The molecule has 0 saturated heterocycles. The minimum atomic E-state index is -0.227. The van der Waals surface area contributed by atoms with E-state index in [9.17, 15) is 14.7 Å². The molecule has 0 unspecified atom stereocenters. The average Bonchev–Trinajstić information content (AvgIpc) is 3.10. The number of imidazole rings is 1. The molecule has 1 aromatic carbocycles. The van der Waals surface area contributed by atoms with Gasteiger partial charge in [0.25, 0.3) is 5.56 Å². The van der Waals surface area contributed by atoms with E-state index in [1.165, 1.54) is 6.42 Å². The summed E-state index contributed by atoms with van der Waals surface area (Å²) in [5.41, 5.74) is 3.12. The highest BCUT2D eigenvalue weighted by atomic mass is 16.5. The predicted molar refractivity (Wildman–Crippen MR) is 126 cm³/mol. The lowest BCUT2D eigenvalue weighted by Gasteiger charge is -2.34. The van der Waals surface area contributed by atoms with Crippen LogP contribution >= 0.6 is 0 Å². The van der Waals surface area contributed by atoms with Gasteiger partial charge in [0.2, 0.25) is 11.5 Å². The van der Waals surface area contributed by atoms with Gasteiger partial charge in [0, 0.05) is 24.6 Å².